The topological polar surface area (TPSA) is 44.1 Å². The maximum absolute atomic E-state index is 11.7. The van der Waals surface area contributed by atoms with E-state index in [-0.39, 0.29) is 5.97 Å². The molecule has 0 saturated carbocycles. The second kappa shape index (κ2) is 4.61. The molecular formula is C12H12N2O2. The molecule has 0 aliphatic carbocycles. The summed E-state index contributed by atoms with van der Waals surface area (Å²) in [7, 11) is 0. The molecule has 0 spiro atoms. The summed E-state index contributed by atoms with van der Waals surface area (Å²) >= 11 is 0. The molecule has 16 heavy (non-hydrogen) atoms. The fraction of sp³-hybridized carbons (Fsp3) is 0.167. The predicted molar refractivity (Wildman–Crippen MR) is 59.5 cm³/mol. The van der Waals surface area contributed by atoms with Crippen LogP contribution >= 0.6 is 0 Å². The molecule has 0 radical (unpaired) electrons. The zero-order valence-corrected chi connectivity index (χ0v) is 8.96. The first-order valence-corrected chi connectivity index (χ1v) is 5.08. The molecule has 0 saturated heterocycles. The number of hydrogen-bond donors (Lipinski definition) is 0. The number of aromatic nitrogens is 2. The molecule has 4 nitrogen and oxygen atoms in total. The molecule has 4 heteroatoms. The second-order valence-corrected chi connectivity index (χ2v) is 3.19. The summed E-state index contributed by atoms with van der Waals surface area (Å²) in [6, 6.07) is 7.19. The lowest BCUT2D eigenvalue weighted by atomic mass is 10.2. The Bertz CT molecular complexity index is 478. The van der Waals surface area contributed by atoms with E-state index in [4.69, 9.17) is 4.74 Å². The summed E-state index contributed by atoms with van der Waals surface area (Å²) in [5.41, 5.74) is 0.473. The number of hydrogen-bond acceptors (Lipinski definition) is 3. The highest BCUT2D eigenvalue weighted by atomic mass is 16.5. The zero-order valence-electron chi connectivity index (χ0n) is 8.96. The van der Waals surface area contributed by atoms with Crippen LogP contribution in [0, 0.1) is 0 Å². The zero-order chi connectivity index (χ0) is 11.4. The van der Waals surface area contributed by atoms with Crippen LogP contribution in [0.2, 0.25) is 0 Å². The second-order valence-electron chi connectivity index (χ2n) is 3.19. The molecule has 0 atom stereocenters. The summed E-state index contributed by atoms with van der Waals surface area (Å²) in [4.78, 5) is 15.9. The molecule has 2 rings (SSSR count). The Hall–Kier alpha value is -2.10. The molecule has 2 heterocycles. The van der Waals surface area contributed by atoms with Crippen molar-refractivity contribution in [2.24, 2.45) is 0 Å². The van der Waals surface area contributed by atoms with Gasteiger partial charge < -0.3 is 9.30 Å². The maximum Gasteiger partial charge on any atom is 0.341 e. The number of carbonyl (C=O) groups excluding carboxylic acids is 1. The maximum atomic E-state index is 11.7. The standard InChI is InChI=1S/C12H12N2O2/c1-2-16-12(15)10-6-5-7-13-11(10)14-8-3-4-9-14/h3-9H,2H2,1H3. The van der Waals surface area contributed by atoms with Gasteiger partial charge in [-0.25, -0.2) is 9.78 Å². The summed E-state index contributed by atoms with van der Waals surface area (Å²) in [5.74, 6) is 0.241. The van der Waals surface area contributed by atoms with E-state index in [1.807, 2.05) is 24.5 Å². The van der Waals surface area contributed by atoms with E-state index in [0.29, 0.717) is 18.0 Å². The normalized spacial score (nSPS) is 10.1. The molecule has 0 N–H and O–H groups in total. The molecule has 0 amide bonds. The molecule has 0 aromatic carbocycles. The van der Waals surface area contributed by atoms with Crippen LogP contribution in [0.3, 0.4) is 0 Å². The highest BCUT2D eigenvalue weighted by Crippen LogP contribution is 2.12. The van der Waals surface area contributed by atoms with Crippen LogP contribution in [-0.4, -0.2) is 22.1 Å². The minimum absolute atomic E-state index is 0.348. The minimum Gasteiger partial charge on any atom is -0.462 e. The van der Waals surface area contributed by atoms with Gasteiger partial charge in [0.05, 0.1) is 6.61 Å². The SMILES string of the molecule is CCOC(=O)c1cccnc1-n1cccc1. The van der Waals surface area contributed by atoms with Gasteiger partial charge in [0.25, 0.3) is 0 Å². The van der Waals surface area contributed by atoms with Crippen molar-refractivity contribution in [2.75, 3.05) is 6.61 Å². The molecule has 2 aromatic rings. The number of nitrogens with zero attached hydrogens (tertiary/aromatic N) is 2. The van der Waals surface area contributed by atoms with E-state index in [2.05, 4.69) is 4.98 Å². The Kier molecular flexibility index (Phi) is 3.00. The molecule has 2 aromatic heterocycles. The quantitative estimate of drug-likeness (QED) is 0.737. The lowest BCUT2D eigenvalue weighted by Gasteiger charge is -2.07. The molecule has 82 valence electrons. The lowest BCUT2D eigenvalue weighted by molar-refractivity contribution is 0.0526. The van der Waals surface area contributed by atoms with Crippen LogP contribution in [0.4, 0.5) is 0 Å². The van der Waals surface area contributed by atoms with Gasteiger partial charge >= 0.3 is 5.97 Å². The van der Waals surface area contributed by atoms with Crippen molar-refractivity contribution in [3.05, 3.63) is 48.4 Å². The van der Waals surface area contributed by atoms with Crippen molar-refractivity contribution in [2.45, 2.75) is 6.92 Å². The van der Waals surface area contributed by atoms with Gasteiger partial charge in [-0.2, -0.15) is 0 Å². The molecule has 0 unspecified atom stereocenters. The van der Waals surface area contributed by atoms with Crippen LogP contribution < -0.4 is 0 Å². The monoisotopic (exact) mass is 216 g/mol. The molecule has 0 aliphatic rings. The Labute approximate surface area is 93.5 Å². The summed E-state index contributed by atoms with van der Waals surface area (Å²) in [6.07, 6.45) is 5.33. The van der Waals surface area contributed by atoms with Gasteiger partial charge in [0.1, 0.15) is 5.56 Å². The Morgan fingerprint density at radius 1 is 1.38 bits per heavy atom. The predicted octanol–water partition coefficient (Wildman–Crippen LogP) is 2.05. The smallest absolute Gasteiger partial charge is 0.341 e. The Morgan fingerprint density at radius 3 is 2.81 bits per heavy atom. The van der Waals surface area contributed by atoms with E-state index in [1.54, 1.807) is 29.8 Å². The lowest BCUT2D eigenvalue weighted by Crippen LogP contribution is -2.10. The van der Waals surface area contributed by atoms with Gasteiger partial charge in [-0.3, -0.25) is 0 Å². The van der Waals surface area contributed by atoms with E-state index in [9.17, 15) is 4.79 Å². The largest absolute Gasteiger partial charge is 0.462 e. The first-order chi connectivity index (χ1) is 7.83. The minimum atomic E-state index is -0.348. The van der Waals surface area contributed by atoms with Gasteiger partial charge in [-0.1, -0.05) is 0 Å². The summed E-state index contributed by atoms with van der Waals surface area (Å²) < 4.78 is 6.76. The van der Waals surface area contributed by atoms with Crippen molar-refractivity contribution >= 4 is 5.97 Å². The third-order valence-corrected chi connectivity index (χ3v) is 2.13. The van der Waals surface area contributed by atoms with Crippen LogP contribution in [0.1, 0.15) is 17.3 Å². The average Bonchev–Trinajstić information content (AvgIpc) is 2.83. The first-order valence-electron chi connectivity index (χ1n) is 5.08. The van der Waals surface area contributed by atoms with E-state index in [1.165, 1.54) is 0 Å². The fourth-order valence-electron chi connectivity index (χ4n) is 1.45. The van der Waals surface area contributed by atoms with Gasteiger partial charge in [-0.15, -0.1) is 0 Å². The van der Waals surface area contributed by atoms with Crippen molar-refractivity contribution in [3.8, 4) is 5.82 Å². The first kappa shape index (κ1) is 10.4. The van der Waals surface area contributed by atoms with Crippen molar-refractivity contribution in [1.29, 1.82) is 0 Å². The van der Waals surface area contributed by atoms with Crippen LogP contribution in [0.5, 0.6) is 0 Å². The van der Waals surface area contributed by atoms with Crippen molar-refractivity contribution < 1.29 is 9.53 Å². The van der Waals surface area contributed by atoms with Crippen molar-refractivity contribution in [1.82, 2.24) is 9.55 Å². The van der Waals surface area contributed by atoms with E-state index < -0.39 is 0 Å². The average molecular weight is 216 g/mol. The molecule has 0 fully saturated rings. The molecule has 0 bridgehead atoms. The van der Waals surface area contributed by atoms with Crippen LogP contribution in [0.15, 0.2) is 42.9 Å². The van der Waals surface area contributed by atoms with Gasteiger partial charge in [-0.05, 0) is 31.2 Å². The van der Waals surface area contributed by atoms with E-state index in [0.717, 1.165) is 0 Å². The van der Waals surface area contributed by atoms with Gasteiger partial charge in [0.15, 0.2) is 5.82 Å². The van der Waals surface area contributed by atoms with Gasteiger partial charge in [0.2, 0.25) is 0 Å². The summed E-state index contributed by atoms with van der Waals surface area (Å²) in [5, 5.41) is 0. The van der Waals surface area contributed by atoms with Crippen LogP contribution in [0.25, 0.3) is 5.82 Å². The Balaban J connectivity index is 2.42. The highest BCUT2D eigenvalue weighted by Gasteiger charge is 2.13. The number of ether oxygens (including phenoxy) is 1. The number of rotatable bonds is 3. The molecular weight excluding hydrogens is 204 g/mol. The fourth-order valence-corrected chi connectivity index (χ4v) is 1.45. The number of pyridine rings is 1. The third kappa shape index (κ3) is 1.95. The van der Waals surface area contributed by atoms with E-state index >= 15 is 0 Å². The van der Waals surface area contributed by atoms with Crippen molar-refractivity contribution in [3.63, 3.8) is 0 Å². The third-order valence-electron chi connectivity index (χ3n) is 2.13. The Morgan fingerprint density at radius 2 is 2.12 bits per heavy atom. The van der Waals surface area contributed by atoms with Gasteiger partial charge in [0, 0.05) is 18.6 Å². The molecule has 0 aliphatic heterocycles. The van der Waals surface area contributed by atoms with Crippen LogP contribution in [-0.2, 0) is 4.74 Å². The highest BCUT2D eigenvalue weighted by molar-refractivity contribution is 5.92. The summed E-state index contributed by atoms with van der Waals surface area (Å²) in [6.45, 7) is 2.14. The number of carbonyl (C=O) groups is 1. The number of esters is 1.